The molecule has 0 fully saturated rings. The van der Waals surface area contributed by atoms with E-state index in [1.165, 1.54) is 11.1 Å². The lowest BCUT2D eigenvalue weighted by molar-refractivity contribution is 0.468. The molecule has 19 heavy (non-hydrogen) atoms. The molecule has 0 aliphatic rings. The first-order valence-electron chi connectivity index (χ1n) is 6.53. The summed E-state index contributed by atoms with van der Waals surface area (Å²) < 4.78 is 0. The minimum atomic E-state index is -0.438. The van der Waals surface area contributed by atoms with Crippen molar-refractivity contribution in [3.05, 3.63) is 64.7 Å². The average Bonchev–Trinajstić information content (AvgIpc) is 2.32. The molecule has 1 atom stereocenters. The number of hydrogen-bond acceptors (Lipinski definition) is 2. The Morgan fingerprint density at radius 2 is 1.79 bits per heavy atom. The molecule has 2 nitrogen and oxygen atoms in total. The molecular weight excluding hydrogens is 234 g/mol. The minimum absolute atomic E-state index is 0.286. The Bertz CT molecular complexity index is 588. The van der Waals surface area contributed by atoms with E-state index in [0.29, 0.717) is 6.42 Å². The second kappa shape index (κ2) is 5.06. The van der Waals surface area contributed by atoms with Crippen LogP contribution in [0.5, 0.6) is 5.75 Å². The SMILES string of the molecule is Cc1ccc(C(C)(N)Cc2cccc(O)c2)cc1C. The molecule has 0 aromatic heterocycles. The second-order valence-electron chi connectivity index (χ2n) is 5.56. The van der Waals surface area contributed by atoms with Gasteiger partial charge in [0, 0.05) is 5.54 Å². The number of aryl methyl sites for hydroxylation is 2. The molecule has 0 amide bonds. The predicted molar refractivity (Wildman–Crippen MR) is 79.3 cm³/mol. The number of aromatic hydroxyl groups is 1. The van der Waals surface area contributed by atoms with Crippen LogP contribution in [0, 0.1) is 13.8 Å². The molecule has 0 heterocycles. The van der Waals surface area contributed by atoms with Gasteiger partial charge in [-0.05, 0) is 61.6 Å². The third kappa shape index (κ3) is 3.15. The Labute approximate surface area is 114 Å². The van der Waals surface area contributed by atoms with E-state index >= 15 is 0 Å². The van der Waals surface area contributed by atoms with Gasteiger partial charge in [0.05, 0.1) is 0 Å². The summed E-state index contributed by atoms with van der Waals surface area (Å²) in [5.74, 6) is 0.286. The molecule has 0 radical (unpaired) electrons. The highest BCUT2D eigenvalue weighted by atomic mass is 16.3. The number of hydrogen-bond donors (Lipinski definition) is 2. The lowest BCUT2D eigenvalue weighted by Crippen LogP contribution is -2.35. The summed E-state index contributed by atoms with van der Waals surface area (Å²) in [5.41, 5.74) is 10.7. The zero-order chi connectivity index (χ0) is 14.0. The van der Waals surface area contributed by atoms with Crippen LogP contribution in [0.1, 0.15) is 29.2 Å². The van der Waals surface area contributed by atoms with Gasteiger partial charge in [-0.1, -0.05) is 30.3 Å². The molecule has 0 aliphatic carbocycles. The fourth-order valence-electron chi connectivity index (χ4n) is 2.29. The molecule has 0 bridgehead atoms. The van der Waals surface area contributed by atoms with E-state index in [0.717, 1.165) is 11.1 Å². The van der Waals surface area contributed by atoms with Crippen LogP contribution in [0.3, 0.4) is 0 Å². The van der Waals surface area contributed by atoms with E-state index in [2.05, 4.69) is 32.0 Å². The van der Waals surface area contributed by atoms with Crippen LogP contribution >= 0.6 is 0 Å². The van der Waals surface area contributed by atoms with Gasteiger partial charge in [-0.15, -0.1) is 0 Å². The summed E-state index contributed by atoms with van der Waals surface area (Å²) in [6.07, 6.45) is 0.698. The topological polar surface area (TPSA) is 46.2 Å². The highest BCUT2D eigenvalue weighted by molar-refractivity contribution is 5.36. The normalized spacial score (nSPS) is 14.1. The highest BCUT2D eigenvalue weighted by Crippen LogP contribution is 2.25. The van der Waals surface area contributed by atoms with Crippen molar-refractivity contribution in [2.24, 2.45) is 5.73 Å². The molecule has 2 aromatic carbocycles. The molecule has 100 valence electrons. The number of phenols is 1. The molecule has 2 heteroatoms. The Morgan fingerprint density at radius 3 is 2.42 bits per heavy atom. The lowest BCUT2D eigenvalue weighted by atomic mass is 9.85. The number of nitrogens with two attached hydrogens (primary N) is 1. The standard InChI is InChI=1S/C17H21NO/c1-12-7-8-15(9-13(12)2)17(3,18)11-14-5-4-6-16(19)10-14/h4-10,19H,11,18H2,1-3H3. The summed E-state index contributed by atoms with van der Waals surface area (Å²) in [6.45, 7) is 6.23. The van der Waals surface area contributed by atoms with E-state index < -0.39 is 5.54 Å². The maximum atomic E-state index is 9.52. The van der Waals surface area contributed by atoms with Crippen LogP contribution in [0.4, 0.5) is 0 Å². The molecule has 0 aliphatic heterocycles. The minimum Gasteiger partial charge on any atom is -0.508 e. The fraction of sp³-hybridized carbons (Fsp3) is 0.294. The van der Waals surface area contributed by atoms with Gasteiger partial charge in [0.2, 0.25) is 0 Å². The van der Waals surface area contributed by atoms with E-state index in [4.69, 9.17) is 5.73 Å². The van der Waals surface area contributed by atoms with Crippen molar-refractivity contribution >= 4 is 0 Å². The van der Waals surface area contributed by atoms with Crippen molar-refractivity contribution in [2.75, 3.05) is 0 Å². The molecule has 2 aromatic rings. The molecule has 0 saturated carbocycles. The van der Waals surface area contributed by atoms with Crippen molar-refractivity contribution in [2.45, 2.75) is 32.7 Å². The van der Waals surface area contributed by atoms with Gasteiger partial charge in [-0.3, -0.25) is 0 Å². The largest absolute Gasteiger partial charge is 0.508 e. The third-order valence-corrected chi connectivity index (χ3v) is 3.65. The van der Waals surface area contributed by atoms with E-state index in [-0.39, 0.29) is 5.75 Å². The van der Waals surface area contributed by atoms with Crippen LogP contribution in [0.2, 0.25) is 0 Å². The summed E-state index contributed by atoms with van der Waals surface area (Å²) >= 11 is 0. The van der Waals surface area contributed by atoms with Gasteiger partial charge in [0.1, 0.15) is 5.75 Å². The third-order valence-electron chi connectivity index (χ3n) is 3.65. The van der Waals surface area contributed by atoms with Crippen molar-refractivity contribution < 1.29 is 5.11 Å². The van der Waals surface area contributed by atoms with Crippen molar-refractivity contribution in [3.63, 3.8) is 0 Å². The Hall–Kier alpha value is -1.80. The van der Waals surface area contributed by atoms with Crippen LogP contribution in [0.15, 0.2) is 42.5 Å². The maximum Gasteiger partial charge on any atom is 0.115 e. The number of phenolic OH excluding ortho intramolecular Hbond substituents is 1. The smallest absolute Gasteiger partial charge is 0.115 e. The highest BCUT2D eigenvalue weighted by Gasteiger charge is 2.22. The van der Waals surface area contributed by atoms with Crippen molar-refractivity contribution in [1.82, 2.24) is 0 Å². The van der Waals surface area contributed by atoms with Gasteiger partial charge >= 0.3 is 0 Å². The van der Waals surface area contributed by atoms with E-state index in [9.17, 15) is 5.11 Å². The molecule has 0 saturated heterocycles. The number of rotatable bonds is 3. The van der Waals surface area contributed by atoms with Gasteiger partial charge in [0.15, 0.2) is 0 Å². The fourth-order valence-corrected chi connectivity index (χ4v) is 2.29. The molecule has 0 spiro atoms. The molecule has 1 unspecified atom stereocenters. The first-order valence-corrected chi connectivity index (χ1v) is 6.53. The van der Waals surface area contributed by atoms with Crippen molar-refractivity contribution in [3.8, 4) is 5.75 Å². The van der Waals surface area contributed by atoms with Gasteiger partial charge < -0.3 is 10.8 Å². The monoisotopic (exact) mass is 255 g/mol. The van der Waals surface area contributed by atoms with Gasteiger partial charge in [0.25, 0.3) is 0 Å². The average molecular weight is 255 g/mol. The summed E-state index contributed by atoms with van der Waals surface area (Å²) in [7, 11) is 0. The van der Waals surface area contributed by atoms with Crippen molar-refractivity contribution in [1.29, 1.82) is 0 Å². The molecule has 3 N–H and O–H groups in total. The zero-order valence-electron chi connectivity index (χ0n) is 11.8. The summed E-state index contributed by atoms with van der Waals surface area (Å²) in [5, 5.41) is 9.52. The Kier molecular flexibility index (Phi) is 3.63. The van der Waals surface area contributed by atoms with Gasteiger partial charge in [-0.2, -0.15) is 0 Å². The van der Waals surface area contributed by atoms with E-state index in [1.807, 2.05) is 19.1 Å². The quantitative estimate of drug-likeness (QED) is 0.882. The summed E-state index contributed by atoms with van der Waals surface area (Å²) in [4.78, 5) is 0. The second-order valence-corrected chi connectivity index (χ2v) is 5.56. The summed E-state index contributed by atoms with van der Waals surface area (Å²) in [6, 6.07) is 13.6. The first-order chi connectivity index (χ1) is 8.88. The van der Waals surface area contributed by atoms with Gasteiger partial charge in [-0.25, -0.2) is 0 Å². The molecular formula is C17H21NO. The lowest BCUT2D eigenvalue weighted by Gasteiger charge is -2.26. The number of benzene rings is 2. The van der Waals surface area contributed by atoms with Crippen LogP contribution in [0.25, 0.3) is 0 Å². The molecule has 2 rings (SSSR count). The van der Waals surface area contributed by atoms with Crippen LogP contribution < -0.4 is 5.73 Å². The van der Waals surface area contributed by atoms with Crippen LogP contribution in [-0.4, -0.2) is 5.11 Å². The maximum absolute atomic E-state index is 9.52. The van der Waals surface area contributed by atoms with Crippen LogP contribution in [-0.2, 0) is 12.0 Å². The Morgan fingerprint density at radius 1 is 1.05 bits per heavy atom. The Balaban J connectivity index is 2.29. The van der Waals surface area contributed by atoms with E-state index in [1.54, 1.807) is 12.1 Å². The predicted octanol–water partition coefficient (Wildman–Crippen LogP) is 3.43. The zero-order valence-corrected chi connectivity index (χ0v) is 11.8. The first kappa shape index (κ1) is 13.6.